The zero-order valence-electron chi connectivity index (χ0n) is 12.7. The fourth-order valence-corrected chi connectivity index (χ4v) is 2.32. The molecule has 1 rings (SSSR count). The molecule has 1 unspecified atom stereocenters. The van der Waals surface area contributed by atoms with Crippen molar-refractivity contribution in [2.24, 2.45) is 0 Å². The van der Waals surface area contributed by atoms with Gasteiger partial charge in [0.1, 0.15) is 0 Å². The summed E-state index contributed by atoms with van der Waals surface area (Å²) in [6.07, 6.45) is 4.83. The van der Waals surface area contributed by atoms with Crippen molar-refractivity contribution in [2.75, 3.05) is 26.8 Å². The molecule has 0 saturated heterocycles. The summed E-state index contributed by atoms with van der Waals surface area (Å²) >= 11 is 0. The molecule has 0 amide bonds. The lowest BCUT2D eigenvalue weighted by Gasteiger charge is -2.18. The predicted molar refractivity (Wildman–Crippen MR) is 82.8 cm³/mol. The van der Waals surface area contributed by atoms with Crippen LogP contribution in [0.1, 0.15) is 49.7 Å². The molecule has 0 saturated carbocycles. The molecule has 0 fully saturated rings. The number of unbranched alkanes of at least 4 members (excludes halogenated alkanes) is 1. The normalized spacial score (nSPS) is 12.6. The quantitative estimate of drug-likeness (QED) is 0.647. The van der Waals surface area contributed by atoms with Crippen LogP contribution in [0.4, 0.5) is 0 Å². The highest BCUT2D eigenvalue weighted by Crippen LogP contribution is 2.22. The van der Waals surface area contributed by atoms with E-state index in [1.807, 2.05) is 0 Å². The van der Waals surface area contributed by atoms with Gasteiger partial charge in [-0.15, -0.1) is 0 Å². The highest BCUT2D eigenvalue weighted by Gasteiger charge is 2.10. The summed E-state index contributed by atoms with van der Waals surface area (Å²) in [5.74, 6) is 0.629. The Kier molecular flexibility index (Phi) is 8.52. The van der Waals surface area contributed by atoms with Gasteiger partial charge in [0.05, 0.1) is 0 Å². The van der Waals surface area contributed by atoms with Crippen molar-refractivity contribution < 1.29 is 4.74 Å². The first-order valence-electron chi connectivity index (χ1n) is 7.54. The minimum Gasteiger partial charge on any atom is -0.385 e. The number of ether oxygens (including phenoxy) is 1. The van der Waals surface area contributed by atoms with Gasteiger partial charge in [-0.25, -0.2) is 0 Å². The summed E-state index contributed by atoms with van der Waals surface area (Å²) in [7, 11) is 1.78. The van der Waals surface area contributed by atoms with Crippen LogP contribution in [-0.4, -0.2) is 26.8 Å². The van der Waals surface area contributed by atoms with Crippen molar-refractivity contribution in [3.8, 4) is 0 Å². The van der Waals surface area contributed by atoms with E-state index in [2.05, 4.69) is 43.4 Å². The summed E-state index contributed by atoms with van der Waals surface area (Å²) in [4.78, 5) is 0. The van der Waals surface area contributed by atoms with Gasteiger partial charge in [0.25, 0.3) is 0 Å². The van der Waals surface area contributed by atoms with Crippen LogP contribution in [0.2, 0.25) is 0 Å². The highest BCUT2D eigenvalue weighted by molar-refractivity contribution is 5.24. The Bertz CT molecular complexity index is 321. The van der Waals surface area contributed by atoms with E-state index in [0.29, 0.717) is 5.92 Å². The molecule has 0 aliphatic carbocycles. The molecule has 19 heavy (non-hydrogen) atoms. The van der Waals surface area contributed by atoms with Crippen molar-refractivity contribution in [3.63, 3.8) is 0 Å². The molecule has 0 spiro atoms. The summed E-state index contributed by atoms with van der Waals surface area (Å²) in [6.45, 7) is 7.44. The lowest BCUT2D eigenvalue weighted by atomic mass is 9.93. The lowest BCUT2D eigenvalue weighted by Crippen LogP contribution is -2.22. The van der Waals surface area contributed by atoms with Crippen molar-refractivity contribution in [1.82, 2.24) is 5.32 Å². The van der Waals surface area contributed by atoms with Gasteiger partial charge in [0.2, 0.25) is 0 Å². The first-order chi connectivity index (χ1) is 9.27. The first-order valence-corrected chi connectivity index (χ1v) is 7.54. The third-order valence-electron chi connectivity index (χ3n) is 3.52. The molecule has 0 aliphatic heterocycles. The van der Waals surface area contributed by atoms with Gasteiger partial charge in [0.15, 0.2) is 0 Å². The average Bonchev–Trinajstić information content (AvgIpc) is 2.43. The predicted octanol–water partition coefficient (Wildman–Crippen LogP) is 3.89. The number of hydrogen-bond donors (Lipinski definition) is 1. The molecule has 1 aromatic rings. The monoisotopic (exact) mass is 263 g/mol. The molecule has 2 heteroatoms. The van der Waals surface area contributed by atoms with E-state index < -0.39 is 0 Å². The lowest BCUT2D eigenvalue weighted by molar-refractivity contribution is 0.191. The Balaban J connectivity index is 2.49. The van der Waals surface area contributed by atoms with Crippen LogP contribution >= 0.6 is 0 Å². The molecule has 0 aliphatic rings. The molecule has 0 heterocycles. The van der Waals surface area contributed by atoms with Crippen molar-refractivity contribution in [3.05, 3.63) is 35.4 Å². The van der Waals surface area contributed by atoms with E-state index >= 15 is 0 Å². The van der Waals surface area contributed by atoms with E-state index in [1.165, 1.54) is 30.4 Å². The Morgan fingerprint density at radius 1 is 1.16 bits per heavy atom. The Labute approximate surface area is 118 Å². The Morgan fingerprint density at radius 3 is 2.53 bits per heavy atom. The molecular weight excluding hydrogens is 234 g/mol. The maximum absolute atomic E-state index is 5.13. The molecule has 1 atom stereocenters. The van der Waals surface area contributed by atoms with Crippen molar-refractivity contribution in [1.29, 1.82) is 0 Å². The Morgan fingerprint density at radius 2 is 1.89 bits per heavy atom. The van der Waals surface area contributed by atoms with Crippen molar-refractivity contribution >= 4 is 0 Å². The number of nitrogens with one attached hydrogen (secondary N) is 1. The number of hydrogen-bond acceptors (Lipinski definition) is 2. The molecule has 0 aromatic heterocycles. The minimum atomic E-state index is 0.629. The van der Waals surface area contributed by atoms with E-state index in [4.69, 9.17) is 4.74 Å². The van der Waals surface area contributed by atoms with Crippen molar-refractivity contribution in [2.45, 2.75) is 45.4 Å². The molecule has 1 aromatic carbocycles. The number of benzene rings is 1. The summed E-state index contributed by atoms with van der Waals surface area (Å²) in [5.41, 5.74) is 2.80. The van der Waals surface area contributed by atoms with Crippen LogP contribution in [0, 0.1) is 6.92 Å². The van der Waals surface area contributed by atoms with Gasteiger partial charge in [-0.1, -0.05) is 43.2 Å². The number of aryl methyl sites for hydroxylation is 1. The first kappa shape index (κ1) is 16.2. The van der Waals surface area contributed by atoms with E-state index in [1.54, 1.807) is 7.11 Å². The average molecular weight is 263 g/mol. The molecular formula is C17H29NO. The fraction of sp³-hybridized carbons (Fsp3) is 0.647. The Hall–Kier alpha value is -0.860. The molecule has 2 nitrogen and oxygen atoms in total. The molecule has 1 N–H and O–H groups in total. The smallest absolute Gasteiger partial charge is 0.0462 e. The SMILES string of the molecule is CCCNCC(CCCCOC)c1ccc(C)cc1. The fourth-order valence-electron chi connectivity index (χ4n) is 2.32. The van der Waals surface area contributed by atoms with Crippen LogP contribution < -0.4 is 5.32 Å². The second kappa shape index (κ2) is 9.99. The van der Waals surface area contributed by atoms with Gasteiger partial charge in [0, 0.05) is 20.3 Å². The zero-order chi connectivity index (χ0) is 13.9. The summed E-state index contributed by atoms with van der Waals surface area (Å²) in [5, 5.41) is 3.56. The summed E-state index contributed by atoms with van der Waals surface area (Å²) < 4.78 is 5.13. The van der Waals surface area contributed by atoms with Gasteiger partial charge in [-0.05, 0) is 44.2 Å². The standard InChI is InChI=1S/C17H29NO/c1-4-12-18-14-17(7-5-6-13-19-3)16-10-8-15(2)9-11-16/h8-11,17-18H,4-7,12-14H2,1-3H3. The third kappa shape index (κ3) is 6.74. The number of rotatable bonds is 10. The minimum absolute atomic E-state index is 0.629. The number of methoxy groups -OCH3 is 1. The molecule has 108 valence electrons. The van der Waals surface area contributed by atoms with Crippen LogP contribution in [0.15, 0.2) is 24.3 Å². The van der Waals surface area contributed by atoms with Crippen LogP contribution in [-0.2, 0) is 4.74 Å². The van der Waals surface area contributed by atoms with Gasteiger partial charge >= 0.3 is 0 Å². The van der Waals surface area contributed by atoms with Crippen LogP contribution in [0.5, 0.6) is 0 Å². The summed E-state index contributed by atoms with van der Waals surface area (Å²) in [6, 6.07) is 9.00. The zero-order valence-corrected chi connectivity index (χ0v) is 12.7. The topological polar surface area (TPSA) is 21.3 Å². The van der Waals surface area contributed by atoms with E-state index in [9.17, 15) is 0 Å². The maximum Gasteiger partial charge on any atom is 0.0462 e. The van der Waals surface area contributed by atoms with Crippen LogP contribution in [0.3, 0.4) is 0 Å². The molecule has 0 radical (unpaired) electrons. The van der Waals surface area contributed by atoms with Gasteiger partial charge in [-0.2, -0.15) is 0 Å². The third-order valence-corrected chi connectivity index (χ3v) is 3.52. The van der Waals surface area contributed by atoms with E-state index in [-0.39, 0.29) is 0 Å². The second-order valence-corrected chi connectivity index (χ2v) is 5.30. The van der Waals surface area contributed by atoms with Crippen LogP contribution in [0.25, 0.3) is 0 Å². The highest BCUT2D eigenvalue weighted by atomic mass is 16.5. The van der Waals surface area contributed by atoms with Gasteiger partial charge in [-0.3, -0.25) is 0 Å². The van der Waals surface area contributed by atoms with E-state index in [0.717, 1.165) is 26.1 Å². The second-order valence-electron chi connectivity index (χ2n) is 5.30. The van der Waals surface area contributed by atoms with Gasteiger partial charge < -0.3 is 10.1 Å². The largest absolute Gasteiger partial charge is 0.385 e. The maximum atomic E-state index is 5.13. The molecule has 0 bridgehead atoms.